The molecule has 1 atom stereocenters. The summed E-state index contributed by atoms with van der Waals surface area (Å²) in [5, 5.41) is 27.8. The first-order valence-electron chi connectivity index (χ1n) is 14.1. The van der Waals surface area contributed by atoms with Gasteiger partial charge in [0, 0.05) is 6.42 Å². The number of unbranched alkanes of at least 4 members (excludes halogenated alkanes) is 14. The first kappa shape index (κ1) is 32.9. The normalized spacial score (nSPS) is 13.2. The Morgan fingerprint density at radius 3 is 1.32 bits per heavy atom. The van der Waals surface area contributed by atoms with E-state index >= 15 is 0 Å². The number of hydrogen-bond acceptors (Lipinski definition) is 3. The van der Waals surface area contributed by atoms with Gasteiger partial charge in [-0.1, -0.05) is 110 Å². The van der Waals surface area contributed by atoms with Gasteiger partial charge in [-0.2, -0.15) is 0 Å². The maximum absolute atomic E-state index is 11.2. The highest BCUT2D eigenvalue weighted by Crippen LogP contribution is 2.31. The van der Waals surface area contributed by atoms with Crippen LogP contribution < -0.4 is 0 Å². The van der Waals surface area contributed by atoms with E-state index in [2.05, 4.69) is 13.8 Å². The molecule has 0 aromatic carbocycles. The van der Waals surface area contributed by atoms with E-state index < -0.39 is 23.5 Å². The molecule has 0 radical (unpaired) electrons. The van der Waals surface area contributed by atoms with E-state index in [1.165, 1.54) is 89.9 Å². The lowest BCUT2D eigenvalue weighted by atomic mass is 9.81. The zero-order valence-corrected chi connectivity index (χ0v) is 22.9. The maximum Gasteiger partial charge on any atom is 0.311 e. The quantitative estimate of drug-likeness (QED) is 0.120. The van der Waals surface area contributed by atoms with Gasteiger partial charge >= 0.3 is 11.9 Å². The zero-order valence-electron chi connectivity index (χ0n) is 22.9. The SMILES string of the molecule is CC(C)(CCCCCCCCCCC(=O)O)CCCCCCCCCCC(O)C(C)(C)C(=O)O. The molecule has 0 saturated carbocycles. The second kappa shape index (κ2) is 19.1. The van der Waals surface area contributed by atoms with Gasteiger partial charge in [-0.3, -0.25) is 9.59 Å². The summed E-state index contributed by atoms with van der Waals surface area (Å²) in [6.07, 6.45) is 21.9. The molecule has 1 unspecified atom stereocenters. The topological polar surface area (TPSA) is 94.8 Å². The van der Waals surface area contributed by atoms with Crippen LogP contribution in [0.2, 0.25) is 0 Å². The van der Waals surface area contributed by atoms with E-state index in [1.807, 2.05) is 0 Å². The predicted molar refractivity (Wildman–Crippen MR) is 141 cm³/mol. The van der Waals surface area contributed by atoms with Crippen LogP contribution in [0.3, 0.4) is 0 Å². The molecule has 0 aromatic heterocycles. The van der Waals surface area contributed by atoms with Crippen LogP contribution in [0.4, 0.5) is 0 Å². The van der Waals surface area contributed by atoms with Crippen LogP contribution >= 0.6 is 0 Å². The standard InChI is InChI=1S/C29H56O5/c1-28(2,24-20-16-12-8-6-10-14-18-22-26(31)32)23-19-15-11-7-5-9-13-17-21-25(30)29(3,4)27(33)34/h25,30H,5-24H2,1-4H3,(H,31,32)(H,33,34). The number of aliphatic carboxylic acids is 2. The second-order valence-corrected chi connectivity index (χ2v) is 11.8. The lowest BCUT2D eigenvalue weighted by molar-refractivity contribution is -0.153. The van der Waals surface area contributed by atoms with Crippen LogP contribution in [0.15, 0.2) is 0 Å². The lowest BCUT2D eigenvalue weighted by Gasteiger charge is -2.25. The van der Waals surface area contributed by atoms with Gasteiger partial charge in [-0.05, 0) is 44.9 Å². The number of carbonyl (C=O) groups is 2. The number of rotatable bonds is 24. The van der Waals surface area contributed by atoms with Crippen LogP contribution in [0.25, 0.3) is 0 Å². The van der Waals surface area contributed by atoms with Crippen molar-refractivity contribution in [1.82, 2.24) is 0 Å². The lowest BCUT2D eigenvalue weighted by Crippen LogP contribution is -2.36. The third-order valence-corrected chi connectivity index (χ3v) is 7.46. The molecule has 0 aromatic rings. The summed E-state index contributed by atoms with van der Waals surface area (Å²) in [6, 6.07) is 0. The van der Waals surface area contributed by atoms with Crippen LogP contribution in [-0.4, -0.2) is 33.4 Å². The van der Waals surface area contributed by atoms with E-state index in [0.717, 1.165) is 25.7 Å². The highest BCUT2D eigenvalue weighted by atomic mass is 16.4. The van der Waals surface area contributed by atoms with Crippen molar-refractivity contribution >= 4 is 11.9 Å². The number of aliphatic hydroxyl groups is 1. The fraction of sp³-hybridized carbons (Fsp3) is 0.931. The fourth-order valence-corrected chi connectivity index (χ4v) is 4.57. The van der Waals surface area contributed by atoms with E-state index in [1.54, 1.807) is 13.8 Å². The van der Waals surface area contributed by atoms with Gasteiger partial charge < -0.3 is 15.3 Å². The van der Waals surface area contributed by atoms with E-state index in [9.17, 15) is 14.7 Å². The predicted octanol–water partition coefficient (Wildman–Crippen LogP) is 8.37. The Hall–Kier alpha value is -1.10. The molecule has 5 nitrogen and oxygen atoms in total. The van der Waals surface area contributed by atoms with E-state index in [-0.39, 0.29) is 0 Å². The van der Waals surface area contributed by atoms with Gasteiger partial charge in [0.25, 0.3) is 0 Å². The van der Waals surface area contributed by atoms with Crippen molar-refractivity contribution in [2.24, 2.45) is 10.8 Å². The molecule has 0 aliphatic heterocycles. The minimum Gasteiger partial charge on any atom is -0.481 e. The van der Waals surface area contributed by atoms with Crippen molar-refractivity contribution in [3.05, 3.63) is 0 Å². The summed E-state index contributed by atoms with van der Waals surface area (Å²) < 4.78 is 0. The number of hydrogen-bond donors (Lipinski definition) is 3. The van der Waals surface area contributed by atoms with Crippen LogP contribution in [0.1, 0.15) is 156 Å². The van der Waals surface area contributed by atoms with Crippen molar-refractivity contribution in [2.45, 2.75) is 162 Å². The summed E-state index contributed by atoms with van der Waals surface area (Å²) in [7, 11) is 0. The third-order valence-electron chi connectivity index (χ3n) is 7.46. The molecule has 3 N–H and O–H groups in total. The molecule has 0 bridgehead atoms. The maximum atomic E-state index is 11.2. The molecule has 0 heterocycles. The molecule has 0 fully saturated rings. The summed E-state index contributed by atoms with van der Waals surface area (Å²) in [4.78, 5) is 21.6. The minimum absolute atomic E-state index is 0.317. The van der Waals surface area contributed by atoms with Gasteiger partial charge in [-0.25, -0.2) is 0 Å². The first-order valence-corrected chi connectivity index (χ1v) is 14.1. The summed E-state index contributed by atoms with van der Waals surface area (Å²) in [5.74, 6) is -1.60. The molecule has 0 saturated heterocycles. The van der Waals surface area contributed by atoms with Crippen molar-refractivity contribution in [2.75, 3.05) is 0 Å². The Balaban J connectivity index is 3.51. The summed E-state index contributed by atoms with van der Waals surface area (Å²) in [6.45, 7) is 8.02. The fourth-order valence-electron chi connectivity index (χ4n) is 4.57. The Morgan fingerprint density at radius 2 is 0.941 bits per heavy atom. The largest absolute Gasteiger partial charge is 0.481 e. The van der Waals surface area contributed by atoms with Crippen LogP contribution in [0.5, 0.6) is 0 Å². The average Bonchev–Trinajstić information content (AvgIpc) is 2.75. The zero-order chi connectivity index (χ0) is 25.9. The monoisotopic (exact) mass is 484 g/mol. The van der Waals surface area contributed by atoms with Crippen LogP contribution in [-0.2, 0) is 9.59 Å². The summed E-state index contributed by atoms with van der Waals surface area (Å²) in [5.41, 5.74) is -0.610. The number of carboxylic acid groups (broad SMARTS) is 2. The molecule has 202 valence electrons. The Bertz CT molecular complexity index is 527. The van der Waals surface area contributed by atoms with Crippen molar-refractivity contribution < 1.29 is 24.9 Å². The van der Waals surface area contributed by atoms with Gasteiger partial charge in [0.2, 0.25) is 0 Å². The minimum atomic E-state index is -1.06. The highest BCUT2D eigenvalue weighted by Gasteiger charge is 2.35. The van der Waals surface area contributed by atoms with Gasteiger partial charge in [0.1, 0.15) is 0 Å². The molecule has 0 amide bonds. The molecular formula is C29H56O5. The Morgan fingerprint density at radius 1 is 0.588 bits per heavy atom. The van der Waals surface area contributed by atoms with Crippen molar-refractivity contribution in [3.63, 3.8) is 0 Å². The molecule has 34 heavy (non-hydrogen) atoms. The van der Waals surface area contributed by atoms with Gasteiger partial charge in [-0.15, -0.1) is 0 Å². The number of aliphatic hydroxyl groups excluding tert-OH is 1. The Kier molecular flexibility index (Phi) is 18.5. The molecule has 0 aliphatic carbocycles. The van der Waals surface area contributed by atoms with Crippen molar-refractivity contribution in [3.8, 4) is 0 Å². The van der Waals surface area contributed by atoms with Crippen LogP contribution in [0, 0.1) is 10.8 Å². The Labute approximate surface area is 210 Å². The number of carboxylic acids is 2. The summed E-state index contributed by atoms with van der Waals surface area (Å²) >= 11 is 0. The smallest absolute Gasteiger partial charge is 0.311 e. The second-order valence-electron chi connectivity index (χ2n) is 11.8. The molecule has 0 aliphatic rings. The van der Waals surface area contributed by atoms with E-state index in [4.69, 9.17) is 10.2 Å². The third kappa shape index (κ3) is 18.3. The molecular weight excluding hydrogens is 428 g/mol. The molecule has 5 heteroatoms. The first-order chi connectivity index (χ1) is 16.0. The highest BCUT2D eigenvalue weighted by molar-refractivity contribution is 5.74. The van der Waals surface area contributed by atoms with E-state index in [0.29, 0.717) is 18.3 Å². The van der Waals surface area contributed by atoms with Gasteiger partial charge in [0.05, 0.1) is 11.5 Å². The molecule has 0 spiro atoms. The van der Waals surface area contributed by atoms with Crippen molar-refractivity contribution in [1.29, 1.82) is 0 Å². The molecule has 0 rings (SSSR count). The van der Waals surface area contributed by atoms with Gasteiger partial charge in [0.15, 0.2) is 0 Å². The average molecular weight is 485 g/mol.